The van der Waals surface area contributed by atoms with Gasteiger partial charge in [-0.2, -0.15) is 0 Å². The molecule has 196 valence electrons. The highest BCUT2D eigenvalue weighted by molar-refractivity contribution is 6.05. The summed E-state index contributed by atoms with van der Waals surface area (Å²) in [7, 11) is 0. The molecule has 1 saturated carbocycles. The molecule has 7 nitrogen and oxygen atoms in total. The molecular formula is C30H38N4O3. The average molecular weight is 503 g/mol. The lowest BCUT2D eigenvalue weighted by Crippen LogP contribution is -2.40. The van der Waals surface area contributed by atoms with Crippen LogP contribution in [-0.2, 0) is 11.3 Å². The molecule has 37 heavy (non-hydrogen) atoms. The first-order chi connectivity index (χ1) is 17.8. The zero-order valence-corrected chi connectivity index (χ0v) is 22.2. The normalized spacial score (nSPS) is 20.7. The Labute approximate surface area is 219 Å². The number of hydrogen-bond donors (Lipinski definition) is 1. The van der Waals surface area contributed by atoms with Crippen molar-refractivity contribution in [3.05, 3.63) is 65.5 Å². The van der Waals surface area contributed by atoms with E-state index in [1.807, 2.05) is 50.1 Å². The topological polar surface area (TPSA) is 76.5 Å². The fraction of sp³-hybridized carbons (Fsp3) is 0.500. The molecule has 0 radical (unpaired) electrons. The average Bonchev–Trinajstić information content (AvgIpc) is 3.26. The molecule has 7 heteroatoms. The summed E-state index contributed by atoms with van der Waals surface area (Å²) in [4.78, 5) is 32.1. The number of ether oxygens (including phenoxy) is 1. The van der Waals surface area contributed by atoms with Gasteiger partial charge in [0.2, 0.25) is 0 Å². The summed E-state index contributed by atoms with van der Waals surface area (Å²) in [6, 6.07) is 12.2. The molecule has 1 aliphatic carbocycles. The number of nitrogens with one attached hydrogen (secondary N) is 1. The second-order valence-corrected chi connectivity index (χ2v) is 11.5. The highest BCUT2D eigenvalue weighted by atomic mass is 16.5. The number of carbonyl (C=O) groups is 2. The number of benzene rings is 1. The molecule has 2 aromatic heterocycles. The first kappa shape index (κ1) is 25.5. The zero-order valence-electron chi connectivity index (χ0n) is 22.2. The van der Waals surface area contributed by atoms with Crippen molar-refractivity contribution in [2.75, 3.05) is 26.3 Å². The SMILES string of the molecule is CC(C)(C)NC(=O)c1ccc(C2CCC(Cn3cc(C(=O)N4CCOCC4)c4ncccc43)CC2)cc1. The third-order valence-electron chi connectivity index (χ3n) is 7.60. The van der Waals surface area contributed by atoms with E-state index >= 15 is 0 Å². The summed E-state index contributed by atoms with van der Waals surface area (Å²) >= 11 is 0. The van der Waals surface area contributed by atoms with E-state index in [9.17, 15) is 9.59 Å². The van der Waals surface area contributed by atoms with Crippen LogP contribution in [0, 0.1) is 5.92 Å². The van der Waals surface area contributed by atoms with E-state index in [4.69, 9.17) is 4.74 Å². The number of rotatable bonds is 5. The van der Waals surface area contributed by atoms with E-state index in [0.717, 1.165) is 43.3 Å². The van der Waals surface area contributed by atoms with Crippen molar-refractivity contribution in [2.45, 2.75) is 64.5 Å². The van der Waals surface area contributed by atoms with E-state index in [-0.39, 0.29) is 17.4 Å². The van der Waals surface area contributed by atoms with Gasteiger partial charge in [-0.3, -0.25) is 14.6 Å². The summed E-state index contributed by atoms with van der Waals surface area (Å²) in [5.41, 5.74) is 4.31. The quantitative estimate of drug-likeness (QED) is 0.532. The van der Waals surface area contributed by atoms with Crippen LogP contribution in [0.2, 0.25) is 0 Å². The minimum Gasteiger partial charge on any atom is -0.378 e. The van der Waals surface area contributed by atoms with Crippen molar-refractivity contribution in [3.63, 3.8) is 0 Å². The fourth-order valence-electron chi connectivity index (χ4n) is 5.64. The summed E-state index contributed by atoms with van der Waals surface area (Å²) in [6.45, 7) is 9.32. The fourth-order valence-corrected chi connectivity index (χ4v) is 5.64. The van der Waals surface area contributed by atoms with E-state index in [1.54, 1.807) is 6.20 Å². The molecule has 0 bridgehead atoms. The van der Waals surface area contributed by atoms with Crippen LogP contribution in [-0.4, -0.2) is 58.1 Å². The summed E-state index contributed by atoms with van der Waals surface area (Å²) in [6.07, 6.45) is 8.34. The standard InChI is InChI=1S/C30H38N4O3/c1-30(2,3)32-28(35)24-12-10-23(11-13-24)22-8-6-21(7-9-22)19-34-20-25(27-26(34)5-4-14-31-27)29(36)33-15-17-37-18-16-33/h4-5,10-14,20-22H,6-9,15-19H2,1-3H3,(H,32,35). The van der Waals surface area contributed by atoms with Crippen molar-refractivity contribution in [1.82, 2.24) is 19.8 Å². The van der Waals surface area contributed by atoms with Crippen LogP contribution in [0.15, 0.2) is 48.8 Å². The second kappa shape index (κ2) is 10.7. The molecule has 5 rings (SSSR count). The van der Waals surface area contributed by atoms with Gasteiger partial charge in [0.05, 0.1) is 24.3 Å². The highest BCUT2D eigenvalue weighted by Gasteiger charge is 2.26. The Balaban J connectivity index is 1.23. The van der Waals surface area contributed by atoms with Crippen LogP contribution in [0.5, 0.6) is 0 Å². The van der Waals surface area contributed by atoms with Gasteiger partial charge in [-0.05, 0) is 88.1 Å². The molecule has 3 heterocycles. The van der Waals surface area contributed by atoms with Gasteiger partial charge in [0.1, 0.15) is 5.52 Å². The highest BCUT2D eigenvalue weighted by Crippen LogP contribution is 2.37. The van der Waals surface area contributed by atoms with Crippen LogP contribution < -0.4 is 5.32 Å². The maximum Gasteiger partial charge on any atom is 0.257 e. The smallest absolute Gasteiger partial charge is 0.257 e. The minimum atomic E-state index is -0.244. The monoisotopic (exact) mass is 502 g/mol. The molecule has 2 fully saturated rings. The molecule has 0 spiro atoms. The molecule has 3 aromatic rings. The molecule has 0 atom stereocenters. The number of amides is 2. The Morgan fingerprint density at radius 1 is 1.03 bits per heavy atom. The Morgan fingerprint density at radius 3 is 2.41 bits per heavy atom. The number of fused-ring (bicyclic) bond motifs is 1. The van der Waals surface area contributed by atoms with Crippen molar-refractivity contribution in [3.8, 4) is 0 Å². The molecular weight excluding hydrogens is 464 g/mol. The third-order valence-corrected chi connectivity index (χ3v) is 7.60. The van der Waals surface area contributed by atoms with E-state index in [1.165, 1.54) is 5.56 Å². The molecule has 1 N–H and O–H groups in total. The Morgan fingerprint density at radius 2 is 1.73 bits per heavy atom. The van der Waals surface area contributed by atoms with Crippen LogP contribution in [0.1, 0.15) is 78.7 Å². The number of nitrogens with zero attached hydrogens (tertiary/aromatic N) is 3. The molecule has 1 aliphatic heterocycles. The number of aromatic nitrogens is 2. The van der Waals surface area contributed by atoms with Gasteiger partial charge in [-0.15, -0.1) is 0 Å². The van der Waals surface area contributed by atoms with Gasteiger partial charge in [0, 0.05) is 43.1 Å². The minimum absolute atomic E-state index is 0.0253. The summed E-state index contributed by atoms with van der Waals surface area (Å²) in [5, 5.41) is 3.03. The van der Waals surface area contributed by atoms with Crippen molar-refractivity contribution in [1.29, 1.82) is 0 Å². The molecule has 1 saturated heterocycles. The van der Waals surface area contributed by atoms with Crippen molar-refractivity contribution in [2.24, 2.45) is 5.92 Å². The first-order valence-electron chi connectivity index (χ1n) is 13.5. The number of carbonyl (C=O) groups excluding carboxylic acids is 2. The van der Waals surface area contributed by atoms with Gasteiger partial charge in [-0.25, -0.2) is 0 Å². The molecule has 0 unspecified atom stereocenters. The van der Waals surface area contributed by atoms with Crippen LogP contribution in [0.4, 0.5) is 0 Å². The first-order valence-corrected chi connectivity index (χ1v) is 13.5. The van der Waals surface area contributed by atoms with Gasteiger partial charge >= 0.3 is 0 Å². The number of pyridine rings is 1. The third kappa shape index (κ3) is 5.87. The van der Waals surface area contributed by atoms with Gasteiger partial charge < -0.3 is 19.5 Å². The van der Waals surface area contributed by atoms with E-state index in [0.29, 0.717) is 49.3 Å². The molecule has 2 amide bonds. The lowest BCUT2D eigenvalue weighted by atomic mass is 9.78. The zero-order chi connectivity index (χ0) is 26.0. The maximum atomic E-state index is 13.2. The lowest BCUT2D eigenvalue weighted by molar-refractivity contribution is 0.0304. The van der Waals surface area contributed by atoms with Crippen molar-refractivity contribution < 1.29 is 14.3 Å². The van der Waals surface area contributed by atoms with Gasteiger partial charge in [-0.1, -0.05) is 12.1 Å². The second-order valence-electron chi connectivity index (χ2n) is 11.5. The predicted molar refractivity (Wildman–Crippen MR) is 145 cm³/mol. The largest absolute Gasteiger partial charge is 0.378 e. The Bertz CT molecular complexity index is 1240. The number of hydrogen-bond acceptors (Lipinski definition) is 4. The maximum absolute atomic E-state index is 13.2. The summed E-state index contributed by atoms with van der Waals surface area (Å²) < 4.78 is 7.66. The van der Waals surface area contributed by atoms with Crippen LogP contribution in [0.3, 0.4) is 0 Å². The van der Waals surface area contributed by atoms with Gasteiger partial charge in [0.25, 0.3) is 11.8 Å². The molecule has 1 aromatic carbocycles. The van der Waals surface area contributed by atoms with E-state index in [2.05, 4.69) is 33.1 Å². The predicted octanol–water partition coefficient (Wildman–Crippen LogP) is 5.01. The van der Waals surface area contributed by atoms with Crippen LogP contribution >= 0.6 is 0 Å². The van der Waals surface area contributed by atoms with Crippen LogP contribution in [0.25, 0.3) is 11.0 Å². The number of morpholine rings is 1. The van der Waals surface area contributed by atoms with E-state index < -0.39 is 0 Å². The van der Waals surface area contributed by atoms with Gasteiger partial charge in [0.15, 0.2) is 0 Å². The summed E-state index contributed by atoms with van der Waals surface area (Å²) in [5.74, 6) is 1.12. The lowest BCUT2D eigenvalue weighted by Gasteiger charge is -2.29. The molecule has 2 aliphatic rings. The Hall–Kier alpha value is -3.19. The Kier molecular flexibility index (Phi) is 7.33. The van der Waals surface area contributed by atoms with Crippen molar-refractivity contribution >= 4 is 22.8 Å².